The number of hydrogen-bond donors (Lipinski definition) is 0. The second-order valence-electron chi connectivity index (χ2n) is 6.76. The van der Waals surface area contributed by atoms with Gasteiger partial charge in [0, 0.05) is 63.5 Å². The van der Waals surface area contributed by atoms with Gasteiger partial charge in [-0.25, -0.2) is 4.39 Å². The summed E-state index contributed by atoms with van der Waals surface area (Å²) in [5.41, 5.74) is 1.67. The SMILES string of the molecule is O=C(CCC(=O)N1CCN(CCc2ccc(F)cc2)CC1)c1cccnc1. The number of hydrogen-bond acceptors (Lipinski definition) is 4. The van der Waals surface area contributed by atoms with E-state index in [9.17, 15) is 14.0 Å². The largest absolute Gasteiger partial charge is 0.340 e. The molecule has 6 heteroatoms. The Morgan fingerprint density at radius 3 is 2.41 bits per heavy atom. The molecule has 5 nitrogen and oxygen atoms in total. The van der Waals surface area contributed by atoms with Gasteiger partial charge in [-0.05, 0) is 36.2 Å². The molecule has 1 aromatic carbocycles. The summed E-state index contributed by atoms with van der Waals surface area (Å²) < 4.78 is 12.9. The van der Waals surface area contributed by atoms with Crippen LogP contribution in [0.5, 0.6) is 0 Å². The molecule has 3 rings (SSSR count). The number of rotatable bonds is 7. The summed E-state index contributed by atoms with van der Waals surface area (Å²) in [5.74, 6) is -0.229. The summed E-state index contributed by atoms with van der Waals surface area (Å²) in [6, 6.07) is 10.0. The van der Waals surface area contributed by atoms with Crippen LogP contribution in [0.3, 0.4) is 0 Å². The molecule has 1 aliphatic heterocycles. The van der Waals surface area contributed by atoms with Gasteiger partial charge in [0.2, 0.25) is 5.91 Å². The molecule has 2 heterocycles. The molecule has 0 saturated carbocycles. The van der Waals surface area contributed by atoms with Crippen molar-refractivity contribution in [3.8, 4) is 0 Å². The summed E-state index contributed by atoms with van der Waals surface area (Å²) in [5, 5.41) is 0. The Morgan fingerprint density at radius 2 is 1.74 bits per heavy atom. The molecule has 0 bridgehead atoms. The fourth-order valence-corrected chi connectivity index (χ4v) is 3.21. The van der Waals surface area contributed by atoms with E-state index in [0.717, 1.165) is 31.6 Å². The van der Waals surface area contributed by atoms with E-state index in [4.69, 9.17) is 0 Å². The smallest absolute Gasteiger partial charge is 0.223 e. The van der Waals surface area contributed by atoms with Crippen molar-refractivity contribution in [1.29, 1.82) is 0 Å². The number of carbonyl (C=O) groups is 2. The maximum Gasteiger partial charge on any atom is 0.223 e. The predicted octanol–water partition coefficient (Wildman–Crippen LogP) is 2.57. The average molecular weight is 369 g/mol. The minimum atomic E-state index is -0.215. The maximum absolute atomic E-state index is 12.9. The fraction of sp³-hybridized carbons (Fsp3) is 0.381. The van der Waals surface area contributed by atoms with Gasteiger partial charge in [-0.15, -0.1) is 0 Å². The highest BCUT2D eigenvalue weighted by Gasteiger charge is 2.21. The first-order valence-electron chi connectivity index (χ1n) is 9.29. The van der Waals surface area contributed by atoms with Crippen molar-refractivity contribution >= 4 is 11.7 Å². The Labute approximate surface area is 158 Å². The van der Waals surface area contributed by atoms with Gasteiger partial charge in [0.15, 0.2) is 5.78 Å². The van der Waals surface area contributed by atoms with Crippen molar-refractivity contribution < 1.29 is 14.0 Å². The molecule has 2 aromatic rings. The Kier molecular flexibility index (Phi) is 6.65. The average Bonchev–Trinajstić information content (AvgIpc) is 2.72. The summed E-state index contributed by atoms with van der Waals surface area (Å²) in [6.45, 7) is 3.91. The maximum atomic E-state index is 12.9. The van der Waals surface area contributed by atoms with E-state index in [1.807, 2.05) is 17.0 Å². The lowest BCUT2D eigenvalue weighted by molar-refractivity contribution is -0.132. The minimum absolute atomic E-state index is 0.0328. The van der Waals surface area contributed by atoms with Crippen molar-refractivity contribution in [2.75, 3.05) is 32.7 Å². The van der Waals surface area contributed by atoms with E-state index in [1.54, 1.807) is 18.3 Å². The van der Waals surface area contributed by atoms with E-state index in [0.29, 0.717) is 18.7 Å². The highest BCUT2D eigenvalue weighted by Crippen LogP contribution is 2.10. The molecule has 0 N–H and O–H groups in total. The molecule has 1 aromatic heterocycles. The highest BCUT2D eigenvalue weighted by atomic mass is 19.1. The number of benzene rings is 1. The predicted molar refractivity (Wildman–Crippen MR) is 101 cm³/mol. The van der Waals surface area contributed by atoms with Gasteiger partial charge in [0.1, 0.15) is 5.82 Å². The summed E-state index contributed by atoms with van der Waals surface area (Å²) >= 11 is 0. The number of ketones is 1. The Morgan fingerprint density at radius 1 is 1.00 bits per heavy atom. The zero-order valence-corrected chi connectivity index (χ0v) is 15.3. The third kappa shape index (κ3) is 5.69. The third-order valence-corrected chi connectivity index (χ3v) is 4.90. The number of Topliss-reactive ketones (excluding diaryl/α,β-unsaturated/α-hetero) is 1. The second kappa shape index (κ2) is 9.37. The summed E-state index contributed by atoms with van der Waals surface area (Å²) in [7, 11) is 0. The molecule has 142 valence electrons. The van der Waals surface area contributed by atoms with E-state index in [1.165, 1.54) is 18.3 Å². The molecular formula is C21H24FN3O2. The van der Waals surface area contributed by atoms with E-state index < -0.39 is 0 Å². The van der Waals surface area contributed by atoms with Crippen LogP contribution in [0.4, 0.5) is 4.39 Å². The van der Waals surface area contributed by atoms with Crippen LogP contribution in [0.2, 0.25) is 0 Å². The zero-order chi connectivity index (χ0) is 19.1. The Bertz CT molecular complexity index is 757. The van der Waals surface area contributed by atoms with E-state index >= 15 is 0 Å². The molecular weight excluding hydrogens is 345 g/mol. The van der Waals surface area contributed by atoms with E-state index in [2.05, 4.69) is 9.88 Å². The van der Waals surface area contributed by atoms with Crippen molar-refractivity contribution in [1.82, 2.24) is 14.8 Å². The van der Waals surface area contributed by atoms with Crippen molar-refractivity contribution in [2.45, 2.75) is 19.3 Å². The molecule has 1 amide bonds. The normalized spacial score (nSPS) is 14.9. The lowest BCUT2D eigenvalue weighted by Gasteiger charge is -2.34. The minimum Gasteiger partial charge on any atom is -0.340 e. The first-order valence-corrected chi connectivity index (χ1v) is 9.29. The molecule has 27 heavy (non-hydrogen) atoms. The molecule has 1 aliphatic rings. The number of nitrogens with zero attached hydrogens (tertiary/aromatic N) is 3. The van der Waals surface area contributed by atoms with Crippen LogP contribution in [0.25, 0.3) is 0 Å². The van der Waals surface area contributed by atoms with Crippen LogP contribution in [0, 0.1) is 5.82 Å². The van der Waals surface area contributed by atoms with Gasteiger partial charge < -0.3 is 4.90 Å². The van der Waals surface area contributed by atoms with Gasteiger partial charge in [0.05, 0.1) is 0 Å². The topological polar surface area (TPSA) is 53.5 Å². The van der Waals surface area contributed by atoms with Crippen LogP contribution in [-0.4, -0.2) is 59.2 Å². The quantitative estimate of drug-likeness (QED) is 0.704. The number of halogens is 1. The standard InChI is InChI=1S/C21H24FN3O2/c22-19-5-3-17(4-6-19)9-11-24-12-14-25(15-13-24)21(27)8-7-20(26)18-2-1-10-23-16-18/h1-6,10,16H,7-9,11-15H2. The number of piperazine rings is 1. The van der Waals surface area contributed by atoms with Crippen LogP contribution < -0.4 is 0 Å². The molecule has 0 atom stereocenters. The number of amides is 1. The van der Waals surface area contributed by atoms with Crippen LogP contribution in [0.1, 0.15) is 28.8 Å². The lowest BCUT2D eigenvalue weighted by atomic mass is 10.1. The van der Waals surface area contributed by atoms with Crippen LogP contribution in [-0.2, 0) is 11.2 Å². The van der Waals surface area contributed by atoms with Gasteiger partial charge in [-0.3, -0.25) is 19.5 Å². The lowest BCUT2D eigenvalue weighted by Crippen LogP contribution is -2.49. The molecule has 0 radical (unpaired) electrons. The van der Waals surface area contributed by atoms with Crippen LogP contribution >= 0.6 is 0 Å². The molecule has 0 aliphatic carbocycles. The van der Waals surface area contributed by atoms with Crippen LogP contribution in [0.15, 0.2) is 48.8 Å². The molecule has 0 spiro atoms. The monoisotopic (exact) mass is 369 g/mol. The Balaban J connectivity index is 1.37. The first kappa shape index (κ1) is 19.2. The van der Waals surface area contributed by atoms with Gasteiger partial charge in [-0.1, -0.05) is 12.1 Å². The molecule has 1 fully saturated rings. The fourth-order valence-electron chi connectivity index (χ4n) is 3.21. The van der Waals surface area contributed by atoms with Gasteiger partial charge >= 0.3 is 0 Å². The number of aromatic nitrogens is 1. The first-order chi connectivity index (χ1) is 13.1. The zero-order valence-electron chi connectivity index (χ0n) is 15.3. The third-order valence-electron chi connectivity index (χ3n) is 4.90. The summed E-state index contributed by atoms with van der Waals surface area (Å²) in [4.78, 5) is 32.5. The highest BCUT2D eigenvalue weighted by molar-refractivity contribution is 5.97. The van der Waals surface area contributed by atoms with Crippen molar-refractivity contribution in [3.05, 3.63) is 65.7 Å². The van der Waals surface area contributed by atoms with Crippen molar-refractivity contribution in [2.24, 2.45) is 0 Å². The molecule has 0 unspecified atom stereocenters. The van der Waals surface area contributed by atoms with Gasteiger partial charge in [-0.2, -0.15) is 0 Å². The Hall–Kier alpha value is -2.60. The number of carbonyl (C=O) groups excluding carboxylic acids is 2. The number of pyridine rings is 1. The van der Waals surface area contributed by atoms with E-state index in [-0.39, 0.29) is 30.3 Å². The second-order valence-corrected chi connectivity index (χ2v) is 6.76. The van der Waals surface area contributed by atoms with Crippen molar-refractivity contribution in [3.63, 3.8) is 0 Å². The van der Waals surface area contributed by atoms with Gasteiger partial charge in [0.25, 0.3) is 0 Å². The summed E-state index contributed by atoms with van der Waals surface area (Å²) in [6.07, 6.45) is 4.48. The molecule has 1 saturated heterocycles.